The smallest absolute Gasteiger partial charge is 0.241 e. The van der Waals surface area contributed by atoms with E-state index >= 15 is 0 Å². The average molecular weight is 372 g/mol. The molecule has 2 aromatic rings. The van der Waals surface area contributed by atoms with Crippen molar-refractivity contribution in [3.05, 3.63) is 36.0 Å². The molecule has 0 aliphatic rings. The first-order valence-corrected chi connectivity index (χ1v) is 9.25. The molecule has 3 N–H and O–H groups in total. The highest BCUT2D eigenvalue weighted by molar-refractivity contribution is 7.89. The van der Waals surface area contributed by atoms with Crippen molar-refractivity contribution in [3.63, 3.8) is 0 Å². The van der Waals surface area contributed by atoms with E-state index in [1.807, 2.05) is 27.7 Å². The molecular weight excluding hydrogens is 346 g/mol. The van der Waals surface area contributed by atoms with Gasteiger partial charge in [-0.25, -0.2) is 13.1 Å². The van der Waals surface area contributed by atoms with E-state index in [0.29, 0.717) is 23.2 Å². The third-order valence-electron chi connectivity index (χ3n) is 3.91. The van der Waals surface area contributed by atoms with Crippen molar-refractivity contribution in [3.8, 4) is 0 Å². The van der Waals surface area contributed by atoms with E-state index in [9.17, 15) is 8.42 Å². The second-order valence-electron chi connectivity index (χ2n) is 6.75. The number of rotatable bonds is 6. The molecule has 0 amide bonds. The highest BCUT2D eigenvalue weighted by Gasteiger charge is 2.31. The number of fused-ring (bicyclic) bond motifs is 1. The van der Waals surface area contributed by atoms with Gasteiger partial charge in [0.2, 0.25) is 10.0 Å². The summed E-state index contributed by atoms with van der Waals surface area (Å²) in [4.78, 5) is 4.55. The van der Waals surface area contributed by atoms with Crippen LogP contribution in [0.25, 0.3) is 10.9 Å². The molecule has 24 heavy (non-hydrogen) atoms. The van der Waals surface area contributed by atoms with Gasteiger partial charge in [-0.1, -0.05) is 19.9 Å². The standard InChI is InChI=1S/C17H25N3O2S.ClH/c1-12(2)10-17(4,11-18)20-23(21,22)15-8-7-13(3)16-14(15)6-5-9-19-16;/h5-9,12,20H,10-11,18H2,1-4H3;1H. The third kappa shape index (κ3) is 4.45. The SMILES string of the molecule is Cc1ccc(S(=O)(=O)NC(C)(CN)CC(C)C)c2cccnc12.Cl. The lowest BCUT2D eigenvalue weighted by Gasteiger charge is -2.31. The van der Waals surface area contributed by atoms with Gasteiger partial charge in [0.1, 0.15) is 0 Å². The Morgan fingerprint density at radius 2 is 1.96 bits per heavy atom. The molecule has 1 unspecified atom stereocenters. The highest BCUT2D eigenvalue weighted by Crippen LogP contribution is 2.26. The Morgan fingerprint density at radius 3 is 2.54 bits per heavy atom. The minimum Gasteiger partial charge on any atom is -0.329 e. The minimum atomic E-state index is -3.69. The van der Waals surface area contributed by atoms with Crippen LogP contribution in [0.2, 0.25) is 0 Å². The fourth-order valence-corrected chi connectivity index (χ4v) is 4.60. The zero-order valence-corrected chi connectivity index (χ0v) is 16.2. The Bertz CT molecular complexity index is 809. The summed E-state index contributed by atoms with van der Waals surface area (Å²) in [5.41, 5.74) is 6.81. The summed E-state index contributed by atoms with van der Waals surface area (Å²) in [6.07, 6.45) is 2.34. The van der Waals surface area contributed by atoms with Gasteiger partial charge in [-0.15, -0.1) is 12.4 Å². The van der Waals surface area contributed by atoms with Crippen molar-refractivity contribution in [1.82, 2.24) is 9.71 Å². The van der Waals surface area contributed by atoms with E-state index in [4.69, 9.17) is 5.73 Å². The van der Waals surface area contributed by atoms with Crippen molar-refractivity contribution in [2.75, 3.05) is 6.54 Å². The molecule has 1 aromatic carbocycles. The van der Waals surface area contributed by atoms with Crippen LogP contribution in [0.3, 0.4) is 0 Å². The number of halogens is 1. The molecule has 0 bridgehead atoms. The maximum Gasteiger partial charge on any atom is 0.241 e. The number of pyridine rings is 1. The molecule has 1 aromatic heterocycles. The van der Waals surface area contributed by atoms with Gasteiger partial charge in [-0.2, -0.15) is 0 Å². The Morgan fingerprint density at radius 1 is 1.29 bits per heavy atom. The number of nitrogens with two attached hydrogens (primary N) is 1. The number of sulfonamides is 1. The van der Waals surface area contributed by atoms with Crippen LogP contribution in [0, 0.1) is 12.8 Å². The number of nitrogens with zero attached hydrogens (tertiary/aromatic N) is 1. The average Bonchev–Trinajstić information content (AvgIpc) is 2.46. The molecule has 7 heteroatoms. The molecule has 0 saturated heterocycles. The van der Waals surface area contributed by atoms with E-state index in [1.54, 1.807) is 30.5 Å². The second kappa shape index (κ2) is 7.78. The number of aryl methyl sites for hydroxylation is 1. The molecule has 0 fully saturated rings. The second-order valence-corrected chi connectivity index (χ2v) is 8.40. The molecule has 1 heterocycles. The molecule has 0 saturated carbocycles. The number of nitrogens with one attached hydrogen (secondary N) is 1. The normalized spacial score (nSPS) is 14.4. The molecule has 134 valence electrons. The lowest BCUT2D eigenvalue weighted by molar-refractivity contribution is 0.344. The molecule has 0 radical (unpaired) electrons. The van der Waals surface area contributed by atoms with Crippen LogP contribution >= 0.6 is 12.4 Å². The summed E-state index contributed by atoms with van der Waals surface area (Å²) in [6.45, 7) is 8.11. The highest BCUT2D eigenvalue weighted by atomic mass is 35.5. The van der Waals surface area contributed by atoms with Gasteiger partial charge in [0.05, 0.1) is 10.4 Å². The van der Waals surface area contributed by atoms with Gasteiger partial charge in [-0.05, 0) is 49.9 Å². The van der Waals surface area contributed by atoms with E-state index in [2.05, 4.69) is 9.71 Å². The first kappa shape index (κ1) is 20.8. The third-order valence-corrected chi connectivity index (χ3v) is 5.61. The number of hydrogen-bond donors (Lipinski definition) is 2. The van der Waals surface area contributed by atoms with Gasteiger partial charge in [0.15, 0.2) is 0 Å². The van der Waals surface area contributed by atoms with Gasteiger partial charge in [-0.3, -0.25) is 4.98 Å². The number of hydrogen-bond acceptors (Lipinski definition) is 4. The topological polar surface area (TPSA) is 85.1 Å². The van der Waals surface area contributed by atoms with Crippen molar-refractivity contribution < 1.29 is 8.42 Å². The molecular formula is C17H26ClN3O2S. The predicted octanol–water partition coefficient (Wildman–Crippen LogP) is 3.01. The first-order chi connectivity index (χ1) is 10.7. The molecule has 0 spiro atoms. The first-order valence-electron chi connectivity index (χ1n) is 7.77. The fourth-order valence-electron chi connectivity index (χ4n) is 2.97. The molecule has 2 rings (SSSR count). The maximum absolute atomic E-state index is 12.9. The Kier molecular flexibility index (Phi) is 6.75. The summed E-state index contributed by atoms with van der Waals surface area (Å²) < 4.78 is 28.6. The van der Waals surface area contributed by atoms with Crippen LogP contribution in [-0.4, -0.2) is 25.5 Å². The molecule has 5 nitrogen and oxygen atoms in total. The molecule has 1 atom stereocenters. The molecule has 0 aliphatic carbocycles. The van der Waals surface area contributed by atoms with Gasteiger partial charge in [0, 0.05) is 23.7 Å². The Hall–Kier alpha value is -1.21. The van der Waals surface area contributed by atoms with Crippen molar-refractivity contribution in [1.29, 1.82) is 0 Å². The zero-order valence-electron chi connectivity index (χ0n) is 14.5. The monoisotopic (exact) mass is 371 g/mol. The Labute approximate surface area is 150 Å². The summed E-state index contributed by atoms with van der Waals surface area (Å²) in [6, 6.07) is 6.95. The maximum atomic E-state index is 12.9. The van der Waals surface area contributed by atoms with Crippen molar-refractivity contribution >= 4 is 33.3 Å². The lowest BCUT2D eigenvalue weighted by atomic mass is 9.92. The van der Waals surface area contributed by atoms with Crippen LogP contribution in [0.15, 0.2) is 35.4 Å². The van der Waals surface area contributed by atoms with Gasteiger partial charge < -0.3 is 5.73 Å². The van der Waals surface area contributed by atoms with Crippen molar-refractivity contribution in [2.45, 2.75) is 44.6 Å². The summed E-state index contributed by atoms with van der Waals surface area (Å²) in [5, 5.41) is 0.629. The van der Waals surface area contributed by atoms with Gasteiger partial charge in [0.25, 0.3) is 0 Å². The largest absolute Gasteiger partial charge is 0.329 e. The fraction of sp³-hybridized carbons (Fsp3) is 0.471. The van der Waals surface area contributed by atoms with Crippen molar-refractivity contribution in [2.24, 2.45) is 11.7 Å². The van der Waals surface area contributed by atoms with E-state index in [1.165, 1.54) is 0 Å². The minimum absolute atomic E-state index is 0. The lowest BCUT2D eigenvalue weighted by Crippen LogP contribution is -2.52. The number of benzene rings is 1. The zero-order chi connectivity index (χ0) is 17.3. The Balaban J connectivity index is 0.00000288. The predicted molar refractivity (Wildman–Crippen MR) is 101 cm³/mol. The molecule has 0 aliphatic heterocycles. The van der Waals surface area contributed by atoms with Crippen LogP contribution in [-0.2, 0) is 10.0 Å². The summed E-state index contributed by atoms with van der Waals surface area (Å²) >= 11 is 0. The van der Waals surface area contributed by atoms with Crippen LogP contribution < -0.4 is 10.5 Å². The van der Waals surface area contributed by atoms with Crippen LogP contribution in [0.4, 0.5) is 0 Å². The summed E-state index contributed by atoms with van der Waals surface area (Å²) in [7, 11) is -3.69. The van der Waals surface area contributed by atoms with E-state index in [-0.39, 0.29) is 23.8 Å². The summed E-state index contributed by atoms with van der Waals surface area (Å²) in [5.74, 6) is 0.336. The van der Waals surface area contributed by atoms with Gasteiger partial charge >= 0.3 is 0 Å². The quantitative estimate of drug-likeness (QED) is 0.817. The van der Waals surface area contributed by atoms with Crippen LogP contribution in [0.5, 0.6) is 0 Å². The van der Waals surface area contributed by atoms with E-state index < -0.39 is 15.6 Å². The number of aromatic nitrogens is 1. The van der Waals surface area contributed by atoms with E-state index in [0.717, 1.165) is 5.56 Å². The van der Waals surface area contributed by atoms with Crippen LogP contribution in [0.1, 0.15) is 32.8 Å².